The van der Waals surface area contributed by atoms with Crippen LogP contribution in [0.1, 0.15) is 34.1 Å². The van der Waals surface area contributed by atoms with Crippen molar-refractivity contribution in [2.75, 3.05) is 13.2 Å². The van der Waals surface area contributed by atoms with Gasteiger partial charge in [-0.2, -0.15) is 0 Å². The summed E-state index contributed by atoms with van der Waals surface area (Å²) in [4.78, 5) is 24.8. The van der Waals surface area contributed by atoms with Crippen molar-refractivity contribution in [3.8, 4) is 0 Å². The highest BCUT2D eigenvalue weighted by Crippen LogP contribution is 2.22. The van der Waals surface area contributed by atoms with Gasteiger partial charge in [0, 0.05) is 6.54 Å². The smallest absolute Gasteiger partial charge is 0.411 e. The summed E-state index contributed by atoms with van der Waals surface area (Å²) in [5.41, 5.74) is -0.635. The Kier molecular flexibility index (Phi) is 4.56. The number of carbonyl (C=O) groups excluding carboxylic acids is 2. The lowest BCUT2D eigenvalue weighted by Crippen LogP contribution is -2.47. The maximum atomic E-state index is 11.9. The van der Waals surface area contributed by atoms with E-state index in [0.29, 0.717) is 13.0 Å². The summed E-state index contributed by atoms with van der Waals surface area (Å²) in [6.45, 7) is 7.42. The molecule has 1 fully saturated rings. The molecule has 6 heteroatoms. The predicted molar refractivity (Wildman–Crippen MR) is 64.0 cm³/mol. The molecule has 2 atom stereocenters. The van der Waals surface area contributed by atoms with Crippen LogP contribution in [0.3, 0.4) is 0 Å². The minimum Gasteiger partial charge on any atom is -0.464 e. The first-order valence-corrected chi connectivity index (χ1v) is 6.10. The lowest BCUT2D eigenvalue weighted by molar-refractivity contribution is -0.151. The van der Waals surface area contributed by atoms with Crippen molar-refractivity contribution in [3.63, 3.8) is 0 Å². The molecule has 1 amide bonds. The van der Waals surface area contributed by atoms with Crippen molar-refractivity contribution >= 4 is 12.1 Å². The zero-order valence-corrected chi connectivity index (χ0v) is 11.3. The van der Waals surface area contributed by atoms with Crippen molar-refractivity contribution in [2.45, 2.75) is 51.9 Å². The van der Waals surface area contributed by atoms with Crippen molar-refractivity contribution in [1.29, 1.82) is 0 Å². The molecule has 0 saturated carbocycles. The highest BCUT2D eigenvalue weighted by molar-refractivity contribution is 5.83. The largest absolute Gasteiger partial charge is 0.464 e. The summed E-state index contributed by atoms with van der Waals surface area (Å²) in [7, 11) is 0. The molecule has 1 rings (SSSR count). The summed E-state index contributed by atoms with van der Waals surface area (Å²) in [6.07, 6.45) is -1.14. The van der Waals surface area contributed by atoms with Crippen LogP contribution in [-0.4, -0.2) is 53.0 Å². The Bertz CT molecular complexity index is 323. The third kappa shape index (κ3) is 3.60. The number of likely N-dealkylation sites (tertiary alicyclic amines) is 1. The minimum absolute atomic E-state index is 0.213. The van der Waals surface area contributed by atoms with E-state index in [1.54, 1.807) is 27.7 Å². The zero-order valence-electron chi connectivity index (χ0n) is 11.3. The fourth-order valence-electron chi connectivity index (χ4n) is 1.81. The summed E-state index contributed by atoms with van der Waals surface area (Å²) in [6, 6.07) is -0.959. The van der Waals surface area contributed by atoms with Gasteiger partial charge in [0.05, 0.1) is 12.7 Å². The highest BCUT2D eigenvalue weighted by Gasteiger charge is 2.43. The normalized spacial score (nSPS) is 23.9. The Morgan fingerprint density at radius 2 is 2.00 bits per heavy atom. The van der Waals surface area contributed by atoms with Crippen molar-refractivity contribution in [1.82, 2.24) is 4.90 Å². The molecule has 6 nitrogen and oxygen atoms in total. The summed E-state index contributed by atoms with van der Waals surface area (Å²) < 4.78 is 10.1. The van der Waals surface area contributed by atoms with E-state index < -0.39 is 29.8 Å². The highest BCUT2D eigenvalue weighted by atomic mass is 16.6. The van der Waals surface area contributed by atoms with Crippen LogP contribution in [0.15, 0.2) is 0 Å². The molecular formula is C12H21NO5. The monoisotopic (exact) mass is 259 g/mol. The van der Waals surface area contributed by atoms with Gasteiger partial charge in [-0.15, -0.1) is 0 Å². The first-order chi connectivity index (χ1) is 8.26. The summed E-state index contributed by atoms with van der Waals surface area (Å²) in [5.74, 6) is -0.589. The maximum absolute atomic E-state index is 11.9. The molecule has 1 aliphatic rings. The Hall–Kier alpha value is -1.30. The SMILES string of the molecule is CCOC(=O)C1C(O)CCN1C(=O)OC(C)(C)C. The molecule has 0 aliphatic carbocycles. The van der Waals surface area contributed by atoms with Crippen LogP contribution >= 0.6 is 0 Å². The number of esters is 1. The molecule has 104 valence electrons. The van der Waals surface area contributed by atoms with Crippen molar-refractivity contribution < 1.29 is 24.2 Å². The number of rotatable bonds is 2. The van der Waals surface area contributed by atoms with Gasteiger partial charge < -0.3 is 14.6 Å². The van der Waals surface area contributed by atoms with E-state index in [1.807, 2.05) is 0 Å². The van der Waals surface area contributed by atoms with Gasteiger partial charge in [0.15, 0.2) is 6.04 Å². The van der Waals surface area contributed by atoms with Crippen LogP contribution in [0.5, 0.6) is 0 Å². The lowest BCUT2D eigenvalue weighted by Gasteiger charge is -2.28. The number of hydrogen-bond acceptors (Lipinski definition) is 5. The molecule has 1 heterocycles. The molecule has 18 heavy (non-hydrogen) atoms. The van der Waals surface area contributed by atoms with Gasteiger partial charge in [-0.1, -0.05) is 0 Å². The van der Waals surface area contributed by atoms with Gasteiger partial charge >= 0.3 is 12.1 Å². The third-order valence-corrected chi connectivity index (χ3v) is 2.52. The van der Waals surface area contributed by atoms with Crippen LogP contribution in [0.4, 0.5) is 4.79 Å². The van der Waals surface area contributed by atoms with Crippen LogP contribution < -0.4 is 0 Å². The molecule has 1 saturated heterocycles. The van der Waals surface area contributed by atoms with E-state index in [0.717, 1.165) is 0 Å². The van der Waals surface area contributed by atoms with E-state index >= 15 is 0 Å². The molecule has 0 aromatic rings. The molecule has 0 radical (unpaired) electrons. The zero-order chi connectivity index (χ0) is 13.9. The molecule has 1 aliphatic heterocycles. The molecule has 0 spiro atoms. The minimum atomic E-state index is -0.959. The van der Waals surface area contributed by atoms with Gasteiger partial charge in [0.1, 0.15) is 5.60 Å². The van der Waals surface area contributed by atoms with Gasteiger partial charge in [0.2, 0.25) is 0 Å². The number of carbonyl (C=O) groups is 2. The fraction of sp³-hybridized carbons (Fsp3) is 0.833. The van der Waals surface area contributed by atoms with Crippen LogP contribution in [0.2, 0.25) is 0 Å². The van der Waals surface area contributed by atoms with Gasteiger partial charge in [-0.05, 0) is 34.1 Å². The van der Waals surface area contributed by atoms with E-state index in [1.165, 1.54) is 4.90 Å². The Morgan fingerprint density at radius 3 is 2.50 bits per heavy atom. The standard InChI is InChI=1S/C12H21NO5/c1-5-17-10(15)9-8(14)6-7-13(9)11(16)18-12(2,3)4/h8-9,14H,5-7H2,1-4H3. The summed E-state index contributed by atoms with van der Waals surface area (Å²) in [5, 5.41) is 9.75. The number of nitrogens with zero attached hydrogens (tertiary/aromatic N) is 1. The Morgan fingerprint density at radius 1 is 1.39 bits per heavy atom. The van der Waals surface area contributed by atoms with Crippen molar-refractivity contribution in [2.24, 2.45) is 0 Å². The number of hydrogen-bond donors (Lipinski definition) is 1. The van der Waals surface area contributed by atoms with Crippen LogP contribution in [0.25, 0.3) is 0 Å². The number of aliphatic hydroxyl groups is 1. The van der Waals surface area contributed by atoms with Crippen molar-refractivity contribution in [3.05, 3.63) is 0 Å². The lowest BCUT2D eigenvalue weighted by atomic mass is 10.2. The summed E-state index contributed by atoms with van der Waals surface area (Å²) >= 11 is 0. The molecule has 1 N–H and O–H groups in total. The average molecular weight is 259 g/mol. The second-order valence-electron chi connectivity index (χ2n) is 5.23. The average Bonchev–Trinajstić information content (AvgIpc) is 2.58. The topological polar surface area (TPSA) is 76.1 Å². The molecule has 0 aromatic heterocycles. The first kappa shape index (κ1) is 14.8. The Balaban J connectivity index is 2.74. The number of aliphatic hydroxyl groups excluding tert-OH is 1. The molecular weight excluding hydrogens is 238 g/mol. The fourth-order valence-corrected chi connectivity index (χ4v) is 1.81. The van der Waals surface area contributed by atoms with Gasteiger partial charge in [0.25, 0.3) is 0 Å². The maximum Gasteiger partial charge on any atom is 0.411 e. The molecule has 0 bridgehead atoms. The molecule has 0 aromatic carbocycles. The number of ether oxygens (including phenoxy) is 2. The van der Waals surface area contributed by atoms with Crippen LogP contribution in [0, 0.1) is 0 Å². The van der Waals surface area contributed by atoms with E-state index in [4.69, 9.17) is 9.47 Å². The second kappa shape index (κ2) is 5.56. The van der Waals surface area contributed by atoms with Crippen LogP contribution in [-0.2, 0) is 14.3 Å². The third-order valence-electron chi connectivity index (χ3n) is 2.52. The first-order valence-electron chi connectivity index (χ1n) is 6.10. The molecule has 2 unspecified atom stereocenters. The number of amides is 1. The van der Waals surface area contributed by atoms with E-state index in [-0.39, 0.29) is 6.61 Å². The predicted octanol–water partition coefficient (Wildman–Crippen LogP) is 0.920. The quantitative estimate of drug-likeness (QED) is 0.746. The van der Waals surface area contributed by atoms with Gasteiger partial charge in [-0.25, -0.2) is 9.59 Å². The van der Waals surface area contributed by atoms with E-state index in [9.17, 15) is 14.7 Å². The second-order valence-corrected chi connectivity index (χ2v) is 5.23. The van der Waals surface area contributed by atoms with Gasteiger partial charge in [-0.3, -0.25) is 4.90 Å². The van der Waals surface area contributed by atoms with E-state index in [2.05, 4.69) is 0 Å². The Labute approximate surface area is 107 Å².